The van der Waals surface area contributed by atoms with E-state index in [1.165, 1.54) is 18.2 Å². The van der Waals surface area contributed by atoms with Crippen LogP contribution < -0.4 is 0 Å². The van der Waals surface area contributed by atoms with Crippen LogP contribution in [0, 0.1) is 16.0 Å². The van der Waals surface area contributed by atoms with Gasteiger partial charge in [0.2, 0.25) is 0 Å². The molecule has 0 aliphatic heterocycles. The van der Waals surface area contributed by atoms with Gasteiger partial charge in [0, 0.05) is 5.88 Å². The van der Waals surface area contributed by atoms with Gasteiger partial charge in [0.05, 0.1) is 10.7 Å². The van der Waals surface area contributed by atoms with E-state index in [2.05, 4.69) is 0 Å². The third-order valence-corrected chi connectivity index (χ3v) is 5.07. The Bertz CT molecular complexity index is 559. The van der Waals surface area contributed by atoms with Crippen LogP contribution in [0.2, 0.25) is 5.02 Å². The Hall–Kier alpha value is -0.850. The van der Waals surface area contributed by atoms with E-state index >= 15 is 0 Å². The molecular weight excluding hydrogens is 301 g/mol. The largest absolute Gasteiger partial charge is 0.306 e. The third kappa shape index (κ3) is 3.34. The highest BCUT2D eigenvalue weighted by Gasteiger charge is 2.29. The average Bonchev–Trinajstić information content (AvgIpc) is 2.27. The van der Waals surface area contributed by atoms with Gasteiger partial charge >= 0.3 is 5.69 Å². The van der Waals surface area contributed by atoms with Crippen molar-refractivity contribution in [1.82, 2.24) is 0 Å². The summed E-state index contributed by atoms with van der Waals surface area (Å²) in [7, 11) is -3.78. The van der Waals surface area contributed by atoms with Crippen molar-refractivity contribution in [2.24, 2.45) is 5.92 Å². The summed E-state index contributed by atoms with van der Waals surface area (Å²) in [5.74, 6) is -0.388. The maximum absolute atomic E-state index is 12.1. The standard InChI is InChI=1S/C10H11Cl2NO4S/c1-7(5-11)6-18(16,17)9-4-2-3-8(12)10(9)13(14)15/h2-4,7H,5-6H2,1H3. The molecule has 5 nitrogen and oxygen atoms in total. The molecule has 0 fully saturated rings. The monoisotopic (exact) mass is 311 g/mol. The zero-order valence-corrected chi connectivity index (χ0v) is 11.8. The van der Waals surface area contributed by atoms with Gasteiger partial charge in [-0.1, -0.05) is 24.6 Å². The lowest BCUT2D eigenvalue weighted by atomic mass is 10.3. The van der Waals surface area contributed by atoms with Crippen LogP contribution in [0.3, 0.4) is 0 Å². The molecule has 100 valence electrons. The predicted octanol–water partition coefficient (Wildman–Crippen LogP) is 2.90. The van der Waals surface area contributed by atoms with Crippen molar-refractivity contribution in [3.8, 4) is 0 Å². The number of para-hydroxylation sites is 1. The van der Waals surface area contributed by atoms with E-state index in [0.717, 1.165) is 0 Å². The van der Waals surface area contributed by atoms with Crippen LogP contribution in [0.4, 0.5) is 5.69 Å². The Morgan fingerprint density at radius 1 is 1.44 bits per heavy atom. The Morgan fingerprint density at radius 3 is 2.56 bits per heavy atom. The van der Waals surface area contributed by atoms with Crippen molar-refractivity contribution in [3.63, 3.8) is 0 Å². The molecule has 0 heterocycles. The highest BCUT2D eigenvalue weighted by molar-refractivity contribution is 7.91. The van der Waals surface area contributed by atoms with Crippen LogP contribution in [0.25, 0.3) is 0 Å². The van der Waals surface area contributed by atoms with E-state index in [1.54, 1.807) is 6.92 Å². The van der Waals surface area contributed by atoms with Gasteiger partial charge in [0.15, 0.2) is 9.84 Å². The maximum atomic E-state index is 12.1. The number of benzene rings is 1. The third-order valence-electron chi connectivity index (χ3n) is 2.23. The summed E-state index contributed by atoms with van der Waals surface area (Å²) in [6.45, 7) is 1.65. The fourth-order valence-corrected chi connectivity index (χ4v) is 3.78. The van der Waals surface area contributed by atoms with Crippen molar-refractivity contribution < 1.29 is 13.3 Å². The summed E-state index contributed by atoms with van der Waals surface area (Å²) in [5, 5.41) is 10.7. The number of nitro benzene ring substituents is 1. The summed E-state index contributed by atoms with van der Waals surface area (Å²) in [4.78, 5) is 9.72. The Kier molecular flexibility index (Phi) is 4.95. The average molecular weight is 312 g/mol. The Labute approximate surface area is 115 Å². The van der Waals surface area contributed by atoms with Gasteiger partial charge in [0.1, 0.15) is 9.92 Å². The summed E-state index contributed by atoms with van der Waals surface area (Å²) < 4.78 is 24.1. The second-order valence-electron chi connectivity index (χ2n) is 3.88. The first-order chi connectivity index (χ1) is 8.29. The molecule has 1 unspecified atom stereocenters. The highest BCUT2D eigenvalue weighted by Crippen LogP contribution is 2.32. The van der Waals surface area contributed by atoms with Gasteiger partial charge in [-0.2, -0.15) is 0 Å². The van der Waals surface area contributed by atoms with E-state index in [0.29, 0.717) is 0 Å². The van der Waals surface area contributed by atoms with Crippen LogP contribution in [-0.4, -0.2) is 25.0 Å². The lowest BCUT2D eigenvalue weighted by molar-refractivity contribution is -0.387. The minimum absolute atomic E-state index is 0.160. The van der Waals surface area contributed by atoms with Crippen LogP contribution in [0.5, 0.6) is 0 Å². The summed E-state index contributed by atoms with van der Waals surface area (Å²) in [6.07, 6.45) is 0. The molecule has 0 aliphatic carbocycles. The van der Waals surface area contributed by atoms with Gasteiger partial charge in [-0.3, -0.25) is 10.1 Å². The number of hydrogen-bond donors (Lipinski definition) is 0. The maximum Gasteiger partial charge on any atom is 0.306 e. The minimum Gasteiger partial charge on any atom is -0.258 e. The molecule has 1 atom stereocenters. The van der Waals surface area contributed by atoms with E-state index in [9.17, 15) is 18.5 Å². The second kappa shape index (κ2) is 5.86. The number of rotatable bonds is 5. The highest BCUT2D eigenvalue weighted by atomic mass is 35.5. The van der Waals surface area contributed by atoms with Crippen molar-refractivity contribution in [2.45, 2.75) is 11.8 Å². The molecule has 0 spiro atoms. The summed E-state index contributed by atoms with van der Waals surface area (Å²) >= 11 is 11.2. The van der Waals surface area contributed by atoms with Crippen molar-refractivity contribution in [3.05, 3.63) is 33.3 Å². The van der Waals surface area contributed by atoms with E-state index < -0.39 is 20.4 Å². The molecule has 1 rings (SSSR count). The van der Waals surface area contributed by atoms with E-state index in [4.69, 9.17) is 23.2 Å². The van der Waals surface area contributed by atoms with Gasteiger partial charge in [-0.05, 0) is 18.1 Å². The smallest absolute Gasteiger partial charge is 0.258 e. The molecule has 0 aliphatic rings. The van der Waals surface area contributed by atoms with Gasteiger partial charge < -0.3 is 0 Å². The van der Waals surface area contributed by atoms with Crippen LogP contribution in [0.1, 0.15) is 6.92 Å². The molecule has 0 N–H and O–H groups in total. The first-order valence-electron chi connectivity index (χ1n) is 5.01. The van der Waals surface area contributed by atoms with Gasteiger partial charge in [-0.15, -0.1) is 11.6 Å². The SMILES string of the molecule is CC(CCl)CS(=O)(=O)c1cccc(Cl)c1[N+](=O)[O-]. The van der Waals surface area contributed by atoms with Crippen molar-refractivity contribution >= 4 is 38.7 Å². The molecule has 0 saturated carbocycles. The van der Waals surface area contributed by atoms with E-state index in [1.807, 2.05) is 0 Å². The number of nitrogens with zero attached hydrogens (tertiary/aromatic N) is 1. The molecule has 0 aromatic heterocycles. The molecule has 1 aromatic rings. The normalized spacial score (nSPS) is 13.3. The molecule has 8 heteroatoms. The fraction of sp³-hybridized carbons (Fsp3) is 0.400. The predicted molar refractivity (Wildman–Crippen MR) is 70.0 cm³/mol. The minimum atomic E-state index is -3.78. The molecule has 18 heavy (non-hydrogen) atoms. The molecule has 0 radical (unpaired) electrons. The van der Waals surface area contributed by atoms with Gasteiger partial charge in [-0.25, -0.2) is 8.42 Å². The summed E-state index contributed by atoms with van der Waals surface area (Å²) in [5.41, 5.74) is -0.582. The molecule has 1 aromatic carbocycles. The number of nitro groups is 1. The van der Waals surface area contributed by atoms with Crippen LogP contribution in [0.15, 0.2) is 23.1 Å². The van der Waals surface area contributed by atoms with Crippen LogP contribution in [-0.2, 0) is 9.84 Å². The Morgan fingerprint density at radius 2 is 2.06 bits per heavy atom. The van der Waals surface area contributed by atoms with Crippen molar-refractivity contribution in [1.29, 1.82) is 0 Å². The van der Waals surface area contributed by atoms with Gasteiger partial charge in [0.25, 0.3) is 0 Å². The lowest BCUT2D eigenvalue weighted by Gasteiger charge is -2.09. The second-order valence-corrected chi connectivity index (χ2v) is 6.60. The quantitative estimate of drug-likeness (QED) is 0.476. The first kappa shape index (κ1) is 15.2. The number of alkyl halides is 1. The first-order valence-corrected chi connectivity index (χ1v) is 7.57. The number of sulfone groups is 1. The molecule has 0 bridgehead atoms. The Balaban J connectivity index is 3.33. The molecule has 0 amide bonds. The molecule has 0 saturated heterocycles. The number of halogens is 2. The van der Waals surface area contributed by atoms with E-state index in [-0.39, 0.29) is 27.5 Å². The lowest BCUT2D eigenvalue weighted by Crippen LogP contribution is -2.16. The topological polar surface area (TPSA) is 77.3 Å². The zero-order valence-electron chi connectivity index (χ0n) is 9.47. The molecular formula is C10H11Cl2NO4S. The zero-order chi connectivity index (χ0) is 13.9. The van der Waals surface area contributed by atoms with Crippen molar-refractivity contribution in [2.75, 3.05) is 11.6 Å². The van der Waals surface area contributed by atoms with Crippen LogP contribution >= 0.6 is 23.2 Å². The summed E-state index contributed by atoms with van der Waals surface area (Å²) in [6, 6.07) is 3.83. The fourth-order valence-electron chi connectivity index (χ4n) is 1.43. The number of hydrogen-bond acceptors (Lipinski definition) is 4.